The summed E-state index contributed by atoms with van der Waals surface area (Å²) in [4.78, 5) is 14.4. The molecule has 0 bridgehead atoms. The van der Waals surface area contributed by atoms with Crippen LogP contribution in [0.3, 0.4) is 0 Å². The molecule has 0 saturated heterocycles. The third kappa shape index (κ3) is 4.23. The first-order chi connectivity index (χ1) is 13.3. The number of ketones is 1. The van der Waals surface area contributed by atoms with Gasteiger partial charge in [-0.2, -0.15) is 5.10 Å². The van der Waals surface area contributed by atoms with Gasteiger partial charge in [-0.15, -0.1) is 0 Å². The number of aromatic amines is 1. The second-order valence-electron chi connectivity index (χ2n) is 6.65. The van der Waals surface area contributed by atoms with Crippen LogP contribution in [0.4, 0.5) is 0 Å². The third-order valence-electron chi connectivity index (χ3n) is 4.58. The molecule has 0 atom stereocenters. The molecular weight excluding hydrogens is 334 g/mol. The van der Waals surface area contributed by atoms with E-state index < -0.39 is 0 Å². The van der Waals surface area contributed by atoms with Gasteiger partial charge in [0.2, 0.25) is 0 Å². The van der Waals surface area contributed by atoms with E-state index in [1.54, 1.807) is 0 Å². The van der Waals surface area contributed by atoms with Gasteiger partial charge in [-0.05, 0) is 23.6 Å². The van der Waals surface area contributed by atoms with Gasteiger partial charge in [0.15, 0.2) is 5.78 Å². The smallest absolute Gasteiger partial charge is 0.182 e. The molecule has 0 amide bonds. The quantitative estimate of drug-likeness (QED) is 0.665. The van der Waals surface area contributed by atoms with E-state index in [1.165, 1.54) is 5.56 Å². The second kappa shape index (κ2) is 7.87. The van der Waals surface area contributed by atoms with Gasteiger partial charge in [-0.25, -0.2) is 0 Å². The number of aromatic nitrogens is 2. The first kappa shape index (κ1) is 17.0. The van der Waals surface area contributed by atoms with Crippen LogP contribution in [0.25, 0.3) is 5.57 Å². The predicted molar refractivity (Wildman–Crippen MR) is 107 cm³/mol. The lowest BCUT2D eigenvalue weighted by Gasteiger charge is -2.20. The molecular formula is C23H21N3O. The molecule has 3 aromatic rings. The minimum absolute atomic E-state index is 0.101. The summed E-state index contributed by atoms with van der Waals surface area (Å²) >= 11 is 0. The number of rotatable bonds is 6. The Labute approximate surface area is 158 Å². The largest absolute Gasteiger partial charge is 0.346 e. The molecule has 2 aromatic carbocycles. The molecule has 0 spiro atoms. The number of benzene rings is 2. The van der Waals surface area contributed by atoms with E-state index in [0.717, 1.165) is 35.4 Å². The second-order valence-corrected chi connectivity index (χ2v) is 6.65. The Hall–Kier alpha value is -3.40. The highest BCUT2D eigenvalue weighted by Gasteiger charge is 2.14. The van der Waals surface area contributed by atoms with Crippen LogP contribution in [0.1, 0.15) is 33.7 Å². The van der Waals surface area contributed by atoms with Crippen LogP contribution in [0.2, 0.25) is 0 Å². The minimum Gasteiger partial charge on any atom is -0.346 e. The predicted octanol–water partition coefficient (Wildman–Crippen LogP) is 4.44. The zero-order valence-corrected chi connectivity index (χ0v) is 15.0. The molecule has 2 heterocycles. The first-order valence-corrected chi connectivity index (χ1v) is 9.08. The summed E-state index contributed by atoms with van der Waals surface area (Å²) in [7, 11) is 0. The fraction of sp³-hybridized carbons (Fsp3) is 0.130. The van der Waals surface area contributed by atoms with Gasteiger partial charge < -0.3 is 4.90 Å². The molecule has 1 N–H and O–H groups in total. The Morgan fingerprint density at radius 2 is 1.78 bits per heavy atom. The monoisotopic (exact) mass is 355 g/mol. The molecule has 0 fully saturated rings. The summed E-state index contributed by atoms with van der Waals surface area (Å²) in [5, 5.41) is 7.60. The van der Waals surface area contributed by atoms with Crippen LogP contribution in [-0.4, -0.2) is 27.4 Å². The number of carbonyl (C=O) groups excluding carboxylic acids is 1. The summed E-state index contributed by atoms with van der Waals surface area (Å²) in [5.74, 6) is 0.101. The van der Waals surface area contributed by atoms with Crippen molar-refractivity contribution in [1.29, 1.82) is 0 Å². The highest BCUT2D eigenvalue weighted by molar-refractivity contribution is 5.97. The van der Waals surface area contributed by atoms with Crippen molar-refractivity contribution in [3.63, 3.8) is 0 Å². The van der Waals surface area contributed by atoms with Gasteiger partial charge in [0.05, 0.1) is 12.2 Å². The van der Waals surface area contributed by atoms with Gasteiger partial charge in [0, 0.05) is 30.1 Å². The van der Waals surface area contributed by atoms with E-state index in [2.05, 4.69) is 34.5 Å². The van der Waals surface area contributed by atoms with Gasteiger partial charge in [0.1, 0.15) is 0 Å². The average molecular weight is 355 g/mol. The van der Waals surface area contributed by atoms with E-state index in [-0.39, 0.29) is 5.78 Å². The van der Waals surface area contributed by atoms with E-state index >= 15 is 0 Å². The number of allylic oxidation sites excluding steroid dienone is 2. The van der Waals surface area contributed by atoms with E-state index in [4.69, 9.17) is 0 Å². The topological polar surface area (TPSA) is 49.0 Å². The molecule has 1 aliphatic rings. The lowest BCUT2D eigenvalue weighted by atomic mass is 10.1. The molecule has 1 aliphatic heterocycles. The van der Waals surface area contributed by atoms with Crippen molar-refractivity contribution in [1.82, 2.24) is 15.1 Å². The molecule has 27 heavy (non-hydrogen) atoms. The molecule has 4 rings (SSSR count). The fourth-order valence-corrected chi connectivity index (χ4v) is 3.19. The van der Waals surface area contributed by atoms with E-state index in [9.17, 15) is 4.79 Å². The highest BCUT2D eigenvalue weighted by Crippen LogP contribution is 2.23. The Kier molecular flexibility index (Phi) is 4.97. The zero-order valence-electron chi connectivity index (χ0n) is 15.0. The molecule has 0 radical (unpaired) electrons. The number of carbonyl (C=O) groups is 1. The lowest BCUT2D eigenvalue weighted by molar-refractivity contribution is 0.0970. The van der Waals surface area contributed by atoms with Crippen molar-refractivity contribution >= 4 is 11.4 Å². The fourth-order valence-electron chi connectivity index (χ4n) is 3.19. The lowest BCUT2D eigenvalue weighted by Crippen LogP contribution is -2.22. The molecule has 4 nitrogen and oxygen atoms in total. The molecule has 1 aromatic heterocycles. The van der Waals surface area contributed by atoms with Crippen molar-refractivity contribution in [2.24, 2.45) is 0 Å². The number of hydrogen-bond donors (Lipinski definition) is 1. The highest BCUT2D eigenvalue weighted by atomic mass is 16.1. The molecule has 0 aliphatic carbocycles. The Balaban J connectivity index is 1.45. The molecule has 0 unspecified atom stereocenters. The number of Topliss-reactive ketones (excluding diaryl/α,β-unsaturated/α-hetero) is 1. The van der Waals surface area contributed by atoms with E-state index in [1.807, 2.05) is 65.8 Å². The normalized spacial score (nSPS) is 13.5. The number of hydrogen-bond acceptors (Lipinski definition) is 3. The molecule has 0 saturated carbocycles. The van der Waals surface area contributed by atoms with Crippen LogP contribution in [0, 0.1) is 0 Å². The van der Waals surface area contributed by atoms with E-state index in [0.29, 0.717) is 6.54 Å². The summed E-state index contributed by atoms with van der Waals surface area (Å²) < 4.78 is 0. The first-order valence-electron chi connectivity index (χ1n) is 9.08. The van der Waals surface area contributed by atoms with Crippen molar-refractivity contribution < 1.29 is 4.79 Å². The summed E-state index contributed by atoms with van der Waals surface area (Å²) in [5.41, 5.74) is 5.10. The van der Waals surface area contributed by atoms with Crippen LogP contribution < -0.4 is 0 Å². The number of nitrogens with one attached hydrogen (secondary N) is 1. The Morgan fingerprint density at radius 3 is 2.56 bits per heavy atom. The Bertz CT molecular complexity index is 971. The maximum absolute atomic E-state index is 12.4. The SMILES string of the molecule is O=C(CN1C=CCC(c2cc(Cc3ccccc3)[nH]n2)=C1)c1ccccc1. The molecule has 4 heteroatoms. The van der Waals surface area contributed by atoms with Crippen LogP contribution in [0.5, 0.6) is 0 Å². The standard InChI is InChI=1S/C23H21N3O/c27-23(19-10-5-2-6-11-19)17-26-13-7-12-20(16-26)22-15-21(24-25-22)14-18-8-3-1-4-9-18/h1-11,13,15-16H,12,14,17H2,(H,24,25). The van der Waals surface area contributed by atoms with Crippen molar-refractivity contribution in [3.8, 4) is 0 Å². The van der Waals surface area contributed by atoms with Crippen molar-refractivity contribution in [2.45, 2.75) is 12.8 Å². The average Bonchev–Trinajstić information content (AvgIpc) is 3.18. The number of H-pyrrole nitrogens is 1. The molecule has 134 valence electrons. The van der Waals surface area contributed by atoms with Crippen LogP contribution >= 0.6 is 0 Å². The summed E-state index contributed by atoms with van der Waals surface area (Å²) in [6.07, 6.45) is 7.68. The zero-order chi connectivity index (χ0) is 18.5. The Morgan fingerprint density at radius 1 is 1.04 bits per heavy atom. The van der Waals surface area contributed by atoms with Gasteiger partial charge in [-0.1, -0.05) is 66.7 Å². The maximum Gasteiger partial charge on any atom is 0.182 e. The maximum atomic E-state index is 12.4. The van der Waals surface area contributed by atoms with Crippen molar-refractivity contribution in [3.05, 3.63) is 108 Å². The summed E-state index contributed by atoms with van der Waals surface area (Å²) in [6.45, 7) is 0.325. The van der Waals surface area contributed by atoms with Crippen molar-refractivity contribution in [2.75, 3.05) is 6.54 Å². The number of nitrogens with zero attached hydrogens (tertiary/aromatic N) is 2. The van der Waals surface area contributed by atoms with Crippen LogP contribution in [-0.2, 0) is 6.42 Å². The third-order valence-corrected chi connectivity index (χ3v) is 4.58. The van der Waals surface area contributed by atoms with Crippen LogP contribution in [0.15, 0.2) is 85.2 Å². The minimum atomic E-state index is 0.101. The van der Waals surface area contributed by atoms with Gasteiger partial charge in [-0.3, -0.25) is 9.89 Å². The van der Waals surface area contributed by atoms with Gasteiger partial charge in [0.25, 0.3) is 0 Å². The summed E-state index contributed by atoms with van der Waals surface area (Å²) in [6, 6.07) is 21.8. The van der Waals surface area contributed by atoms with Gasteiger partial charge >= 0.3 is 0 Å².